The lowest BCUT2D eigenvalue weighted by Crippen LogP contribution is -2.38. The van der Waals surface area contributed by atoms with E-state index >= 15 is 0 Å². The highest BCUT2D eigenvalue weighted by atomic mass is 16.5. The highest BCUT2D eigenvalue weighted by Gasteiger charge is 2.18. The lowest BCUT2D eigenvalue weighted by Gasteiger charge is -2.29. The van der Waals surface area contributed by atoms with E-state index in [1.807, 2.05) is 17.0 Å². The molecule has 0 radical (unpaired) electrons. The molecule has 1 aromatic carbocycles. The Bertz CT molecular complexity index is 904. The van der Waals surface area contributed by atoms with Gasteiger partial charge >= 0.3 is 6.03 Å². The van der Waals surface area contributed by atoms with Gasteiger partial charge in [0.2, 0.25) is 0 Å². The number of ether oxygens (including phenoxy) is 1. The van der Waals surface area contributed by atoms with Crippen LogP contribution in [0.2, 0.25) is 0 Å². The Labute approximate surface area is 188 Å². The van der Waals surface area contributed by atoms with Crippen molar-refractivity contribution < 1.29 is 14.3 Å². The molecule has 0 unspecified atom stereocenters. The topological polar surface area (TPSA) is 86.8 Å². The zero-order chi connectivity index (χ0) is 22.2. The van der Waals surface area contributed by atoms with Crippen molar-refractivity contribution in [3.05, 3.63) is 53.7 Å². The third-order valence-electron chi connectivity index (χ3n) is 5.90. The summed E-state index contributed by atoms with van der Waals surface area (Å²) in [5.41, 5.74) is 2.26. The van der Waals surface area contributed by atoms with Gasteiger partial charge in [0.1, 0.15) is 5.82 Å². The van der Waals surface area contributed by atoms with E-state index in [1.54, 1.807) is 30.5 Å². The number of morpholine rings is 1. The first-order chi connectivity index (χ1) is 15.7. The maximum absolute atomic E-state index is 12.7. The van der Waals surface area contributed by atoms with Crippen LogP contribution in [-0.4, -0.2) is 61.2 Å². The molecule has 0 saturated carbocycles. The van der Waals surface area contributed by atoms with Crippen molar-refractivity contribution in [3.8, 4) is 0 Å². The van der Waals surface area contributed by atoms with Crippen LogP contribution >= 0.6 is 0 Å². The Balaban J connectivity index is 1.30. The van der Waals surface area contributed by atoms with E-state index in [0.717, 1.165) is 50.4 Å². The number of pyridine rings is 1. The van der Waals surface area contributed by atoms with E-state index in [-0.39, 0.29) is 11.9 Å². The van der Waals surface area contributed by atoms with Crippen molar-refractivity contribution in [2.75, 3.05) is 49.6 Å². The molecule has 2 saturated heterocycles. The number of aromatic nitrogens is 1. The fourth-order valence-electron chi connectivity index (χ4n) is 4.13. The summed E-state index contributed by atoms with van der Waals surface area (Å²) >= 11 is 0. The molecule has 2 aliphatic heterocycles. The second kappa shape index (κ2) is 10.9. The summed E-state index contributed by atoms with van der Waals surface area (Å²) in [6.45, 7) is 4.96. The van der Waals surface area contributed by atoms with Crippen LogP contribution in [0.1, 0.15) is 41.6 Å². The van der Waals surface area contributed by atoms with Crippen LogP contribution in [-0.2, 0) is 11.3 Å². The first kappa shape index (κ1) is 22.1. The van der Waals surface area contributed by atoms with Gasteiger partial charge in [-0.3, -0.25) is 4.79 Å². The lowest BCUT2D eigenvalue weighted by molar-refractivity contribution is 0.0761. The third-order valence-corrected chi connectivity index (χ3v) is 5.90. The van der Waals surface area contributed by atoms with Gasteiger partial charge in [0.25, 0.3) is 5.91 Å². The summed E-state index contributed by atoms with van der Waals surface area (Å²) in [4.78, 5) is 33.8. The zero-order valence-electron chi connectivity index (χ0n) is 18.4. The number of carbonyl (C=O) groups excluding carboxylic acids is 2. The second-order valence-electron chi connectivity index (χ2n) is 8.18. The number of amides is 3. The molecule has 4 rings (SSSR count). The zero-order valence-corrected chi connectivity index (χ0v) is 18.4. The number of anilines is 2. The predicted molar refractivity (Wildman–Crippen MR) is 124 cm³/mol. The minimum atomic E-state index is -0.298. The molecular formula is C24H31N5O3. The van der Waals surface area contributed by atoms with E-state index in [4.69, 9.17) is 4.74 Å². The number of benzene rings is 1. The van der Waals surface area contributed by atoms with Gasteiger partial charge < -0.3 is 25.2 Å². The minimum Gasteiger partial charge on any atom is -0.378 e. The molecule has 0 bridgehead atoms. The Hall–Kier alpha value is -3.13. The number of hydrogen-bond acceptors (Lipinski definition) is 5. The summed E-state index contributed by atoms with van der Waals surface area (Å²) in [7, 11) is 0. The molecular weight excluding hydrogens is 406 g/mol. The molecule has 8 heteroatoms. The maximum Gasteiger partial charge on any atom is 0.319 e. The molecule has 2 aromatic rings. The molecule has 0 spiro atoms. The van der Waals surface area contributed by atoms with Gasteiger partial charge in [-0.25, -0.2) is 9.78 Å². The number of hydrogen-bond donors (Lipinski definition) is 2. The van der Waals surface area contributed by atoms with E-state index < -0.39 is 0 Å². The number of likely N-dealkylation sites (tertiary alicyclic amines) is 1. The number of carbonyl (C=O) groups is 2. The molecule has 170 valence electrons. The van der Waals surface area contributed by atoms with Crippen molar-refractivity contribution >= 4 is 23.4 Å². The van der Waals surface area contributed by atoms with Crippen molar-refractivity contribution in [2.45, 2.75) is 32.2 Å². The molecule has 0 atom stereocenters. The monoisotopic (exact) mass is 437 g/mol. The predicted octanol–water partition coefficient (Wildman–Crippen LogP) is 3.26. The van der Waals surface area contributed by atoms with Crippen LogP contribution in [0.4, 0.5) is 16.3 Å². The van der Waals surface area contributed by atoms with Gasteiger partial charge in [-0.1, -0.05) is 18.9 Å². The van der Waals surface area contributed by atoms with Crippen molar-refractivity contribution in [1.82, 2.24) is 15.2 Å². The van der Waals surface area contributed by atoms with Gasteiger partial charge in [-0.05, 0) is 43.2 Å². The van der Waals surface area contributed by atoms with Crippen LogP contribution in [0, 0.1) is 0 Å². The van der Waals surface area contributed by atoms with E-state index in [0.29, 0.717) is 31.0 Å². The molecule has 0 aliphatic carbocycles. The molecule has 8 nitrogen and oxygen atoms in total. The van der Waals surface area contributed by atoms with E-state index in [9.17, 15) is 9.59 Å². The lowest BCUT2D eigenvalue weighted by atomic mass is 10.1. The van der Waals surface area contributed by atoms with Gasteiger partial charge in [0.15, 0.2) is 0 Å². The number of rotatable bonds is 5. The summed E-state index contributed by atoms with van der Waals surface area (Å²) in [6.07, 6.45) is 6.28. The second-order valence-corrected chi connectivity index (χ2v) is 8.18. The van der Waals surface area contributed by atoms with Crippen molar-refractivity contribution in [3.63, 3.8) is 0 Å². The van der Waals surface area contributed by atoms with Crippen LogP contribution < -0.4 is 15.5 Å². The number of nitrogens with one attached hydrogen (secondary N) is 2. The Morgan fingerprint density at radius 1 is 0.938 bits per heavy atom. The fourth-order valence-corrected chi connectivity index (χ4v) is 4.13. The normalized spacial score (nSPS) is 16.9. The SMILES string of the molecule is O=C(NCc1cccnc1N1CCOCC1)Nc1ccc(C(=O)N2CCCCCC2)cc1. The molecule has 2 aliphatic rings. The highest BCUT2D eigenvalue weighted by Crippen LogP contribution is 2.19. The van der Waals surface area contributed by atoms with E-state index in [1.165, 1.54) is 12.8 Å². The highest BCUT2D eigenvalue weighted by molar-refractivity contribution is 5.95. The summed E-state index contributed by atoms with van der Waals surface area (Å²) in [5, 5.41) is 5.74. The molecule has 32 heavy (non-hydrogen) atoms. The first-order valence-electron chi connectivity index (χ1n) is 11.4. The van der Waals surface area contributed by atoms with Gasteiger partial charge in [-0.2, -0.15) is 0 Å². The fraction of sp³-hybridized carbons (Fsp3) is 0.458. The van der Waals surface area contributed by atoms with Crippen LogP contribution in [0.5, 0.6) is 0 Å². The largest absolute Gasteiger partial charge is 0.378 e. The molecule has 1 aromatic heterocycles. The first-order valence-corrected chi connectivity index (χ1v) is 11.4. The summed E-state index contributed by atoms with van der Waals surface area (Å²) in [5.74, 6) is 0.947. The van der Waals surface area contributed by atoms with Crippen molar-refractivity contribution in [2.24, 2.45) is 0 Å². The van der Waals surface area contributed by atoms with E-state index in [2.05, 4.69) is 20.5 Å². The third kappa shape index (κ3) is 5.76. The number of nitrogens with zero attached hydrogens (tertiary/aromatic N) is 3. The van der Waals surface area contributed by atoms with Gasteiger partial charge in [-0.15, -0.1) is 0 Å². The van der Waals surface area contributed by atoms with Crippen LogP contribution in [0.3, 0.4) is 0 Å². The van der Waals surface area contributed by atoms with Gasteiger partial charge in [0.05, 0.1) is 13.2 Å². The quantitative estimate of drug-likeness (QED) is 0.750. The summed E-state index contributed by atoms with van der Waals surface area (Å²) in [6, 6.07) is 10.6. The average Bonchev–Trinajstić information content (AvgIpc) is 3.13. The molecule has 3 amide bonds. The Morgan fingerprint density at radius 2 is 1.66 bits per heavy atom. The molecule has 2 N–H and O–H groups in total. The summed E-state index contributed by atoms with van der Waals surface area (Å²) < 4.78 is 5.42. The Kier molecular flexibility index (Phi) is 7.55. The van der Waals surface area contributed by atoms with Gasteiger partial charge in [0, 0.05) is 55.7 Å². The van der Waals surface area contributed by atoms with Crippen molar-refractivity contribution in [1.29, 1.82) is 0 Å². The Morgan fingerprint density at radius 3 is 2.38 bits per heavy atom. The smallest absolute Gasteiger partial charge is 0.319 e. The molecule has 2 fully saturated rings. The number of urea groups is 1. The average molecular weight is 438 g/mol. The minimum absolute atomic E-state index is 0.0649. The van der Waals surface area contributed by atoms with Crippen LogP contribution in [0.25, 0.3) is 0 Å². The standard InChI is InChI=1S/C24H31N5O3/c30-23(29-12-3-1-2-4-13-29)19-7-9-21(10-8-19)27-24(31)26-18-20-6-5-11-25-22(20)28-14-16-32-17-15-28/h5-11H,1-4,12-18H2,(H2,26,27,31). The molecule has 3 heterocycles. The maximum atomic E-state index is 12.7. The van der Waals surface area contributed by atoms with Crippen LogP contribution in [0.15, 0.2) is 42.6 Å².